The van der Waals surface area contributed by atoms with Crippen LogP contribution in [0.15, 0.2) is 0 Å². The highest BCUT2D eigenvalue weighted by Gasteiger charge is 2.31. The molecule has 0 aromatic heterocycles. The van der Waals surface area contributed by atoms with Crippen LogP contribution in [0.25, 0.3) is 0 Å². The zero-order chi connectivity index (χ0) is 9.35. The summed E-state index contributed by atoms with van der Waals surface area (Å²) in [4.78, 5) is 0. The molecule has 2 nitrogen and oxygen atoms in total. The van der Waals surface area contributed by atoms with Crippen molar-refractivity contribution in [2.75, 3.05) is 27.3 Å². The smallest absolute Gasteiger partial charge is 0.0771 e. The van der Waals surface area contributed by atoms with Gasteiger partial charge in [0.2, 0.25) is 0 Å². The summed E-state index contributed by atoms with van der Waals surface area (Å²) in [6, 6.07) is 0.247. The summed E-state index contributed by atoms with van der Waals surface area (Å²) in [5.41, 5.74) is 0. The summed E-state index contributed by atoms with van der Waals surface area (Å²) in [6.45, 7) is 3.17. The third-order valence-electron chi connectivity index (χ3n) is 2.59. The maximum atomic E-state index is 5.55. The zero-order valence-electron chi connectivity index (χ0n) is 7.82. The second kappa shape index (κ2) is 3.47. The third kappa shape index (κ3) is 1.58. The van der Waals surface area contributed by atoms with E-state index in [1.807, 2.05) is 7.05 Å². The molecule has 0 aromatic carbocycles. The Balaban J connectivity index is 2.87. The molecule has 0 aromatic rings. The summed E-state index contributed by atoms with van der Waals surface area (Å²) in [7, 11) is 4.13. The van der Waals surface area contributed by atoms with Gasteiger partial charge in [-0.15, -0.1) is 6.42 Å². The van der Waals surface area contributed by atoms with E-state index < -0.39 is 6.34 Å². The highest BCUT2D eigenvalue weighted by atomic mass is 32.4. The summed E-state index contributed by atoms with van der Waals surface area (Å²) in [5.74, 6) is 2.79. The zero-order valence-corrected chi connectivity index (χ0v) is 9.53. The molecule has 12 heavy (non-hydrogen) atoms. The van der Waals surface area contributed by atoms with Crippen LogP contribution in [0.2, 0.25) is 0 Å². The van der Waals surface area contributed by atoms with E-state index in [1.54, 1.807) is 0 Å². The highest BCUT2D eigenvalue weighted by Crippen LogP contribution is 2.51. The fraction of sp³-hybridized carbons (Fsp3) is 0.750. The van der Waals surface area contributed by atoms with Crippen molar-refractivity contribution in [3.63, 3.8) is 0 Å². The Morgan fingerprint density at radius 2 is 2.17 bits per heavy atom. The number of hydrogen-bond acceptors (Lipinski definition) is 1. The van der Waals surface area contributed by atoms with Gasteiger partial charge in [-0.25, -0.2) is 0 Å². The molecule has 2 unspecified atom stereocenters. The Labute approximate surface area is 80.0 Å². The average molecular weight is 202 g/mol. The molecule has 0 bridgehead atoms. The lowest BCUT2D eigenvalue weighted by atomic mass is 10.2. The van der Waals surface area contributed by atoms with Crippen molar-refractivity contribution in [1.29, 1.82) is 0 Å². The molecule has 0 amide bonds. The SMILES string of the molecule is C#CC1CCN(C)P(C)(=S)N1C. The minimum Gasteiger partial charge on any atom is -0.267 e. The van der Waals surface area contributed by atoms with Crippen LogP contribution in [0, 0.1) is 12.3 Å². The third-order valence-corrected chi connectivity index (χ3v) is 7.11. The van der Waals surface area contributed by atoms with Gasteiger partial charge in [-0.2, -0.15) is 0 Å². The first-order valence-corrected chi connectivity index (χ1v) is 7.14. The molecule has 0 radical (unpaired) electrons. The number of nitrogens with zero attached hydrogens (tertiary/aromatic N) is 2. The van der Waals surface area contributed by atoms with Gasteiger partial charge in [0.15, 0.2) is 0 Å². The Morgan fingerprint density at radius 3 is 2.67 bits per heavy atom. The summed E-state index contributed by atoms with van der Waals surface area (Å²) < 4.78 is 4.45. The predicted octanol–water partition coefficient (Wildman–Crippen LogP) is 1.19. The van der Waals surface area contributed by atoms with Crippen molar-refractivity contribution >= 4 is 18.1 Å². The van der Waals surface area contributed by atoms with Crippen LogP contribution in [0.4, 0.5) is 0 Å². The van der Waals surface area contributed by atoms with Crippen molar-refractivity contribution in [3.8, 4) is 12.3 Å². The molecule has 1 aliphatic heterocycles. The van der Waals surface area contributed by atoms with Crippen molar-refractivity contribution in [3.05, 3.63) is 0 Å². The molecule has 4 heteroatoms. The van der Waals surface area contributed by atoms with Gasteiger partial charge in [0.05, 0.1) is 12.4 Å². The van der Waals surface area contributed by atoms with Gasteiger partial charge in [0.25, 0.3) is 0 Å². The number of hydrogen-bond donors (Lipinski definition) is 0. The fourth-order valence-electron chi connectivity index (χ4n) is 1.37. The molecule has 1 aliphatic rings. The molecule has 0 saturated carbocycles. The average Bonchev–Trinajstić information content (AvgIpc) is 2.02. The standard InChI is InChI=1S/C8H15N2PS/c1-5-8-6-7-9(2)11(4,12)10(8)3/h1,8H,6-7H2,2-4H3. The first-order chi connectivity index (χ1) is 5.50. The van der Waals surface area contributed by atoms with Crippen LogP contribution in [0.5, 0.6) is 0 Å². The van der Waals surface area contributed by atoms with Crippen LogP contribution < -0.4 is 0 Å². The van der Waals surface area contributed by atoms with Gasteiger partial charge in [0.1, 0.15) is 0 Å². The minimum absolute atomic E-state index is 0.247. The molecule has 0 aliphatic carbocycles. The Kier molecular flexibility index (Phi) is 2.96. The molecule has 1 heterocycles. The molecule has 0 spiro atoms. The van der Waals surface area contributed by atoms with E-state index in [-0.39, 0.29) is 6.04 Å². The molecule has 2 atom stereocenters. The van der Waals surface area contributed by atoms with Crippen molar-refractivity contribution in [2.45, 2.75) is 12.5 Å². The van der Waals surface area contributed by atoms with Gasteiger partial charge in [-0.3, -0.25) is 9.34 Å². The predicted molar refractivity (Wildman–Crippen MR) is 57.8 cm³/mol. The Bertz CT molecular complexity index is 258. The van der Waals surface area contributed by atoms with E-state index in [2.05, 4.69) is 29.0 Å². The van der Waals surface area contributed by atoms with E-state index in [4.69, 9.17) is 18.2 Å². The Hall–Kier alpha value is 0.130. The summed E-state index contributed by atoms with van der Waals surface area (Å²) >= 11 is 5.55. The minimum atomic E-state index is -1.48. The first kappa shape index (κ1) is 10.2. The van der Waals surface area contributed by atoms with E-state index in [0.29, 0.717) is 0 Å². The molecular weight excluding hydrogens is 187 g/mol. The van der Waals surface area contributed by atoms with Crippen LogP contribution >= 0.6 is 6.34 Å². The van der Waals surface area contributed by atoms with Crippen molar-refractivity contribution in [1.82, 2.24) is 9.34 Å². The number of terminal acetylenes is 1. The summed E-state index contributed by atoms with van der Waals surface area (Å²) in [6.07, 6.45) is 4.98. The van der Waals surface area contributed by atoms with Crippen LogP contribution in [0.1, 0.15) is 6.42 Å². The van der Waals surface area contributed by atoms with Gasteiger partial charge < -0.3 is 0 Å². The van der Waals surface area contributed by atoms with Crippen LogP contribution in [-0.4, -0.2) is 42.7 Å². The maximum Gasteiger partial charge on any atom is 0.0771 e. The second-order valence-corrected chi connectivity index (χ2v) is 8.32. The molecule has 1 fully saturated rings. The van der Waals surface area contributed by atoms with E-state index in [0.717, 1.165) is 13.0 Å². The lowest BCUT2D eigenvalue weighted by Gasteiger charge is -2.44. The molecule has 0 N–H and O–H groups in total. The van der Waals surface area contributed by atoms with Gasteiger partial charge >= 0.3 is 0 Å². The fourth-order valence-corrected chi connectivity index (χ4v) is 3.63. The van der Waals surface area contributed by atoms with Crippen LogP contribution in [-0.2, 0) is 11.8 Å². The van der Waals surface area contributed by atoms with Crippen molar-refractivity contribution in [2.24, 2.45) is 0 Å². The van der Waals surface area contributed by atoms with Crippen molar-refractivity contribution < 1.29 is 0 Å². The largest absolute Gasteiger partial charge is 0.267 e. The molecular formula is C8H15N2PS. The maximum absolute atomic E-state index is 5.55. The van der Waals surface area contributed by atoms with E-state index in [9.17, 15) is 0 Å². The molecule has 1 rings (SSSR count). The normalized spacial score (nSPS) is 39.3. The monoisotopic (exact) mass is 202 g/mol. The second-order valence-electron chi connectivity index (χ2n) is 3.26. The lowest BCUT2D eigenvalue weighted by molar-refractivity contribution is 0.339. The van der Waals surface area contributed by atoms with Gasteiger partial charge in [-0.05, 0) is 27.2 Å². The molecule has 68 valence electrons. The van der Waals surface area contributed by atoms with Gasteiger partial charge in [-0.1, -0.05) is 17.7 Å². The quantitative estimate of drug-likeness (QED) is 0.430. The van der Waals surface area contributed by atoms with Crippen LogP contribution in [0.3, 0.4) is 0 Å². The highest BCUT2D eigenvalue weighted by molar-refractivity contribution is 8.11. The van der Waals surface area contributed by atoms with E-state index >= 15 is 0 Å². The number of rotatable bonds is 0. The van der Waals surface area contributed by atoms with Gasteiger partial charge in [0, 0.05) is 6.54 Å². The summed E-state index contributed by atoms with van der Waals surface area (Å²) in [5, 5.41) is 0. The molecule has 1 saturated heterocycles. The topological polar surface area (TPSA) is 6.48 Å². The lowest BCUT2D eigenvalue weighted by Crippen LogP contribution is -2.40. The Morgan fingerprint density at radius 1 is 1.58 bits per heavy atom. The van der Waals surface area contributed by atoms with E-state index in [1.165, 1.54) is 0 Å². The first-order valence-electron chi connectivity index (χ1n) is 3.98.